The molecule has 1 aromatic carbocycles. The van der Waals surface area contributed by atoms with E-state index in [1.165, 1.54) is 0 Å². The highest BCUT2D eigenvalue weighted by Gasteiger charge is 2.08. The third-order valence-corrected chi connectivity index (χ3v) is 3.04. The van der Waals surface area contributed by atoms with Gasteiger partial charge in [0.05, 0.1) is 5.38 Å². The highest BCUT2D eigenvalue weighted by atomic mass is 79.9. The molecule has 1 N–H and O–H groups in total. The predicted octanol–water partition coefficient (Wildman–Crippen LogP) is 3.59. The number of amides is 1. The molecule has 0 fully saturated rings. The minimum atomic E-state index is -0.0805. The molecule has 1 atom stereocenters. The van der Waals surface area contributed by atoms with Crippen molar-refractivity contribution in [1.82, 2.24) is 5.32 Å². The van der Waals surface area contributed by atoms with E-state index in [9.17, 15) is 4.79 Å². The Labute approximate surface area is 110 Å². The average molecular weight is 305 g/mol. The Balaban J connectivity index is 2.47. The molecule has 0 bridgehead atoms. The highest BCUT2D eigenvalue weighted by Crippen LogP contribution is 2.11. The van der Waals surface area contributed by atoms with Crippen molar-refractivity contribution in [2.45, 2.75) is 25.1 Å². The van der Waals surface area contributed by atoms with Gasteiger partial charge in [-0.15, -0.1) is 11.6 Å². The molecule has 0 aliphatic heterocycles. The number of rotatable bonds is 5. The minimum absolute atomic E-state index is 0.0149. The van der Waals surface area contributed by atoms with Crippen molar-refractivity contribution in [2.75, 3.05) is 6.54 Å². The number of hydrogen-bond acceptors (Lipinski definition) is 1. The summed E-state index contributed by atoms with van der Waals surface area (Å²) in [4.78, 5) is 11.7. The smallest absolute Gasteiger partial charge is 0.251 e. The van der Waals surface area contributed by atoms with E-state index in [-0.39, 0.29) is 11.3 Å². The van der Waals surface area contributed by atoms with Gasteiger partial charge in [0.15, 0.2) is 0 Å². The quantitative estimate of drug-likeness (QED) is 0.828. The van der Waals surface area contributed by atoms with Gasteiger partial charge < -0.3 is 5.32 Å². The first-order chi connectivity index (χ1) is 7.63. The molecule has 0 saturated carbocycles. The summed E-state index contributed by atoms with van der Waals surface area (Å²) in [5.74, 6) is -0.0805. The minimum Gasteiger partial charge on any atom is -0.351 e. The van der Waals surface area contributed by atoms with E-state index in [4.69, 9.17) is 11.6 Å². The average Bonchev–Trinajstić information content (AvgIpc) is 2.26. The summed E-state index contributed by atoms with van der Waals surface area (Å²) in [6, 6.07) is 7.29. The summed E-state index contributed by atoms with van der Waals surface area (Å²) >= 11 is 9.35. The molecular formula is C12H15BrClNO. The fraction of sp³-hybridized carbons (Fsp3) is 0.417. The van der Waals surface area contributed by atoms with Crippen LogP contribution in [0.25, 0.3) is 0 Å². The van der Waals surface area contributed by atoms with Gasteiger partial charge in [-0.25, -0.2) is 0 Å². The fourth-order valence-corrected chi connectivity index (χ4v) is 2.05. The molecule has 2 nitrogen and oxygen atoms in total. The van der Waals surface area contributed by atoms with Gasteiger partial charge in [0.1, 0.15) is 0 Å². The van der Waals surface area contributed by atoms with Crippen LogP contribution in [0.1, 0.15) is 30.1 Å². The van der Waals surface area contributed by atoms with Gasteiger partial charge in [-0.3, -0.25) is 4.79 Å². The maximum absolute atomic E-state index is 11.7. The van der Waals surface area contributed by atoms with Crippen LogP contribution in [0.15, 0.2) is 28.7 Å². The maximum Gasteiger partial charge on any atom is 0.251 e. The van der Waals surface area contributed by atoms with Gasteiger partial charge in [-0.2, -0.15) is 0 Å². The molecule has 1 amide bonds. The summed E-state index contributed by atoms with van der Waals surface area (Å²) < 4.78 is 0.899. The molecule has 0 aliphatic carbocycles. The van der Waals surface area contributed by atoms with Gasteiger partial charge in [0, 0.05) is 16.6 Å². The standard InChI is InChI=1S/C12H15BrClNO/c1-2-4-11(14)8-15-12(16)9-5-3-6-10(13)7-9/h3,5-7,11H,2,4,8H2,1H3,(H,15,16). The van der Waals surface area contributed by atoms with Gasteiger partial charge >= 0.3 is 0 Å². The summed E-state index contributed by atoms with van der Waals surface area (Å²) in [6.07, 6.45) is 1.95. The van der Waals surface area contributed by atoms with E-state index >= 15 is 0 Å². The molecule has 1 aromatic rings. The lowest BCUT2D eigenvalue weighted by atomic mass is 10.2. The molecule has 0 aliphatic rings. The second-order valence-electron chi connectivity index (χ2n) is 3.61. The van der Waals surface area contributed by atoms with E-state index in [1.54, 1.807) is 12.1 Å². The van der Waals surface area contributed by atoms with Gasteiger partial charge in [-0.1, -0.05) is 35.3 Å². The first-order valence-electron chi connectivity index (χ1n) is 5.31. The normalized spacial score (nSPS) is 12.2. The van der Waals surface area contributed by atoms with Gasteiger partial charge in [-0.05, 0) is 24.6 Å². The SMILES string of the molecule is CCCC(Cl)CNC(=O)c1cccc(Br)c1. The Hall–Kier alpha value is -0.540. The molecule has 0 saturated heterocycles. The van der Waals surface area contributed by atoms with Crippen LogP contribution in [-0.2, 0) is 0 Å². The summed E-state index contributed by atoms with van der Waals surface area (Å²) in [6.45, 7) is 2.59. The zero-order valence-electron chi connectivity index (χ0n) is 9.17. The number of hydrogen-bond donors (Lipinski definition) is 1. The first-order valence-corrected chi connectivity index (χ1v) is 6.54. The van der Waals surface area contributed by atoms with Crippen LogP contribution in [-0.4, -0.2) is 17.8 Å². The Morgan fingerprint density at radius 1 is 1.56 bits per heavy atom. The third-order valence-electron chi connectivity index (χ3n) is 2.17. The van der Waals surface area contributed by atoms with E-state index < -0.39 is 0 Å². The molecule has 0 radical (unpaired) electrons. The third kappa shape index (κ3) is 4.54. The first kappa shape index (κ1) is 13.5. The molecule has 1 unspecified atom stereocenters. The molecular weight excluding hydrogens is 289 g/mol. The van der Waals surface area contributed by atoms with Crippen molar-refractivity contribution >= 4 is 33.4 Å². The monoisotopic (exact) mass is 303 g/mol. The number of alkyl halides is 1. The number of benzene rings is 1. The molecule has 0 aromatic heterocycles. The Morgan fingerprint density at radius 3 is 2.94 bits per heavy atom. The summed E-state index contributed by atoms with van der Waals surface area (Å²) in [5, 5.41) is 2.83. The number of carbonyl (C=O) groups is 1. The Kier molecular flexibility index (Phi) is 5.85. The lowest BCUT2D eigenvalue weighted by molar-refractivity contribution is 0.0953. The van der Waals surface area contributed by atoms with Crippen LogP contribution in [0.3, 0.4) is 0 Å². The van der Waals surface area contributed by atoms with E-state index in [0.717, 1.165) is 17.3 Å². The Morgan fingerprint density at radius 2 is 2.31 bits per heavy atom. The molecule has 4 heteroatoms. The van der Waals surface area contributed by atoms with Crippen molar-refractivity contribution in [1.29, 1.82) is 0 Å². The Bertz CT molecular complexity index is 357. The summed E-state index contributed by atoms with van der Waals surface area (Å²) in [5.41, 5.74) is 0.648. The summed E-state index contributed by atoms with van der Waals surface area (Å²) in [7, 11) is 0. The fourth-order valence-electron chi connectivity index (χ4n) is 1.35. The largest absolute Gasteiger partial charge is 0.351 e. The molecule has 0 spiro atoms. The van der Waals surface area contributed by atoms with E-state index in [2.05, 4.69) is 28.2 Å². The van der Waals surface area contributed by atoms with Crippen LogP contribution in [0.4, 0.5) is 0 Å². The van der Waals surface area contributed by atoms with Crippen molar-refractivity contribution in [3.05, 3.63) is 34.3 Å². The van der Waals surface area contributed by atoms with Crippen molar-refractivity contribution in [2.24, 2.45) is 0 Å². The molecule has 0 heterocycles. The lowest BCUT2D eigenvalue weighted by Gasteiger charge is -2.09. The van der Waals surface area contributed by atoms with Crippen LogP contribution in [0, 0.1) is 0 Å². The van der Waals surface area contributed by atoms with Crippen LogP contribution < -0.4 is 5.32 Å². The predicted molar refractivity (Wildman–Crippen MR) is 71.0 cm³/mol. The van der Waals surface area contributed by atoms with E-state index in [0.29, 0.717) is 12.1 Å². The second-order valence-corrected chi connectivity index (χ2v) is 5.14. The zero-order chi connectivity index (χ0) is 12.0. The number of halogens is 2. The second kappa shape index (κ2) is 6.92. The maximum atomic E-state index is 11.7. The van der Waals surface area contributed by atoms with Gasteiger partial charge in [0.2, 0.25) is 0 Å². The van der Waals surface area contributed by atoms with E-state index in [1.807, 2.05) is 12.1 Å². The van der Waals surface area contributed by atoms with Crippen LogP contribution in [0.2, 0.25) is 0 Å². The lowest BCUT2D eigenvalue weighted by Crippen LogP contribution is -2.29. The zero-order valence-corrected chi connectivity index (χ0v) is 11.5. The van der Waals surface area contributed by atoms with Crippen LogP contribution in [0.5, 0.6) is 0 Å². The van der Waals surface area contributed by atoms with Crippen molar-refractivity contribution in [3.63, 3.8) is 0 Å². The van der Waals surface area contributed by atoms with Crippen molar-refractivity contribution in [3.8, 4) is 0 Å². The molecule has 88 valence electrons. The van der Waals surface area contributed by atoms with Crippen molar-refractivity contribution < 1.29 is 4.79 Å². The highest BCUT2D eigenvalue weighted by molar-refractivity contribution is 9.10. The number of nitrogens with one attached hydrogen (secondary N) is 1. The topological polar surface area (TPSA) is 29.1 Å². The van der Waals surface area contributed by atoms with Gasteiger partial charge in [0.25, 0.3) is 5.91 Å². The molecule has 16 heavy (non-hydrogen) atoms. The number of carbonyl (C=O) groups excluding carboxylic acids is 1. The molecule has 1 rings (SSSR count). The van der Waals surface area contributed by atoms with Crippen LogP contribution >= 0.6 is 27.5 Å².